The summed E-state index contributed by atoms with van der Waals surface area (Å²) in [5.74, 6) is -0.827. The van der Waals surface area contributed by atoms with Crippen molar-refractivity contribution in [3.8, 4) is 5.75 Å². The highest BCUT2D eigenvalue weighted by Crippen LogP contribution is 2.23. The molecular weight excluding hydrogens is 277 g/mol. The summed E-state index contributed by atoms with van der Waals surface area (Å²) < 4.78 is 44.5. The highest BCUT2D eigenvalue weighted by atomic mass is 19.4. The number of aromatic nitrogens is 1. The molecule has 0 aliphatic heterocycles. The summed E-state index contributed by atoms with van der Waals surface area (Å²) in [6.45, 7) is 0.0424. The van der Waals surface area contributed by atoms with Gasteiger partial charge in [0.15, 0.2) is 5.69 Å². The molecule has 1 aromatic carbocycles. The molecule has 0 saturated carbocycles. The number of hydrogen-bond acceptors (Lipinski definition) is 4. The van der Waals surface area contributed by atoms with Crippen LogP contribution in [0.1, 0.15) is 16.1 Å². The van der Waals surface area contributed by atoms with E-state index in [1.165, 1.54) is 30.5 Å². The maximum absolute atomic E-state index is 12.1. The van der Waals surface area contributed by atoms with E-state index in [9.17, 15) is 18.0 Å². The molecule has 1 N–H and O–H groups in total. The number of carbonyl (C=O) groups is 1. The van der Waals surface area contributed by atoms with Gasteiger partial charge in [0, 0.05) is 12.6 Å². The molecule has 2 aromatic rings. The van der Waals surface area contributed by atoms with Crippen LogP contribution in [0.25, 0.3) is 0 Å². The van der Waals surface area contributed by atoms with Gasteiger partial charge in [-0.3, -0.25) is 4.79 Å². The Balaban J connectivity index is 1.96. The van der Waals surface area contributed by atoms with Gasteiger partial charge in [-0.1, -0.05) is 17.3 Å². The van der Waals surface area contributed by atoms with Gasteiger partial charge < -0.3 is 14.6 Å². The van der Waals surface area contributed by atoms with Gasteiger partial charge in [0.05, 0.1) is 0 Å². The van der Waals surface area contributed by atoms with Crippen LogP contribution in [-0.4, -0.2) is 17.4 Å². The quantitative estimate of drug-likeness (QED) is 0.938. The van der Waals surface area contributed by atoms with Gasteiger partial charge >= 0.3 is 6.36 Å². The number of amides is 1. The number of benzene rings is 1. The van der Waals surface area contributed by atoms with E-state index in [2.05, 4.69) is 19.7 Å². The van der Waals surface area contributed by atoms with Crippen LogP contribution in [0.2, 0.25) is 0 Å². The lowest BCUT2D eigenvalue weighted by Crippen LogP contribution is -2.23. The van der Waals surface area contributed by atoms with Gasteiger partial charge in [-0.15, -0.1) is 13.2 Å². The normalized spacial score (nSPS) is 11.2. The number of nitrogens with one attached hydrogen (secondary N) is 1. The van der Waals surface area contributed by atoms with Gasteiger partial charge in [0.2, 0.25) is 0 Å². The number of ether oxygens (including phenoxy) is 1. The highest BCUT2D eigenvalue weighted by Gasteiger charge is 2.31. The summed E-state index contributed by atoms with van der Waals surface area (Å²) in [5.41, 5.74) is 0.552. The Bertz CT molecular complexity index is 582. The zero-order valence-electron chi connectivity index (χ0n) is 9.98. The third kappa shape index (κ3) is 4.01. The first-order valence-corrected chi connectivity index (χ1v) is 5.47. The van der Waals surface area contributed by atoms with Crippen molar-refractivity contribution < 1.29 is 27.2 Å². The maximum Gasteiger partial charge on any atom is 0.573 e. The van der Waals surface area contributed by atoms with Gasteiger partial charge in [0.1, 0.15) is 12.0 Å². The minimum atomic E-state index is -4.75. The van der Waals surface area contributed by atoms with Crippen molar-refractivity contribution in [1.82, 2.24) is 10.5 Å². The number of hydrogen-bond donors (Lipinski definition) is 1. The standard InChI is InChI=1S/C12H9F3N2O3/c13-12(14,15)20-9-3-1-2-8(6-9)7-16-11(18)10-4-5-19-17-10/h1-6H,7H2,(H,16,18). The number of alkyl halides is 3. The zero-order valence-corrected chi connectivity index (χ0v) is 9.98. The molecule has 0 atom stereocenters. The molecule has 20 heavy (non-hydrogen) atoms. The van der Waals surface area contributed by atoms with E-state index in [0.717, 1.165) is 0 Å². The fraction of sp³-hybridized carbons (Fsp3) is 0.167. The zero-order chi connectivity index (χ0) is 14.6. The molecule has 0 bridgehead atoms. The van der Waals surface area contributed by atoms with Crippen LogP contribution in [0.3, 0.4) is 0 Å². The maximum atomic E-state index is 12.1. The van der Waals surface area contributed by atoms with Gasteiger partial charge in [-0.05, 0) is 17.7 Å². The number of nitrogens with zero attached hydrogens (tertiary/aromatic N) is 1. The summed E-state index contributed by atoms with van der Waals surface area (Å²) in [6.07, 6.45) is -3.50. The first kappa shape index (κ1) is 13.9. The molecule has 0 unspecified atom stereocenters. The lowest BCUT2D eigenvalue weighted by molar-refractivity contribution is -0.274. The van der Waals surface area contributed by atoms with E-state index < -0.39 is 12.3 Å². The number of halogens is 3. The van der Waals surface area contributed by atoms with Crippen molar-refractivity contribution in [2.45, 2.75) is 12.9 Å². The molecule has 2 rings (SSSR count). The monoisotopic (exact) mass is 286 g/mol. The number of rotatable bonds is 4. The van der Waals surface area contributed by atoms with Crippen LogP contribution in [-0.2, 0) is 6.54 Å². The van der Waals surface area contributed by atoms with Crippen LogP contribution < -0.4 is 10.1 Å². The van der Waals surface area contributed by atoms with Crippen molar-refractivity contribution in [2.24, 2.45) is 0 Å². The molecule has 1 amide bonds. The van der Waals surface area contributed by atoms with Crippen LogP contribution in [0.15, 0.2) is 41.1 Å². The second-order valence-electron chi connectivity index (χ2n) is 3.76. The van der Waals surface area contributed by atoms with E-state index >= 15 is 0 Å². The topological polar surface area (TPSA) is 64.4 Å². The summed E-state index contributed by atoms with van der Waals surface area (Å²) in [7, 11) is 0. The lowest BCUT2D eigenvalue weighted by Gasteiger charge is -2.10. The van der Waals surface area contributed by atoms with Gasteiger partial charge in [-0.2, -0.15) is 0 Å². The van der Waals surface area contributed by atoms with E-state index in [0.29, 0.717) is 5.56 Å². The van der Waals surface area contributed by atoms with E-state index in [1.54, 1.807) is 6.07 Å². The molecule has 0 aliphatic carbocycles. The molecule has 0 aliphatic rings. The van der Waals surface area contributed by atoms with E-state index in [4.69, 9.17) is 0 Å². The molecule has 5 nitrogen and oxygen atoms in total. The van der Waals surface area contributed by atoms with Crippen LogP contribution in [0, 0.1) is 0 Å². The Kier molecular flexibility index (Phi) is 3.92. The third-order valence-electron chi connectivity index (χ3n) is 2.26. The Hall–Kier alpha value is -2.51. The molecule has 8 heteroatoms. The number of carbonyl (C=O) groups excluding carboxylic acids is 1. The van der Waals surface area contributed by atoms with Crippen molar-refractivity contribution in [2.75, 3.05) is 0 Å². The molecule has 1 aromatic heterocycles. The minimum Gasteiger partial charge on any atom is -0.406 e. The first-order chi connectivity index (χ1) is 9.44. The molecule has 0 fully saturated rings. The smallest absolute Gasteiger partial charge is 0.406 e. The SMILES string of the molecule is O=C(NCc1cccc(OC(F)(F)F)c1)c1ccon1. The Morgan fingerprint density at radius 3 is 2.80 bits per heavy atom. The van der Waals surface area contributed by atoms with E-state index in [1.807, 2.05) is 0 Å². The lowest BCUT2D eigenvalue weighted by atomic mass is 10.2. The molecular formula is C12H9F3N2O3. The van der Waals surface area contributed by atoms with Gasteiger partial charge in [-0.25, -0.2) is 0 Å². The Morgan fingerprint density at radius 1 is 1.35 bits per heavy atom. The summed E-state index contributed by atoms with van der Waals surface area (Å²) in [4.78, 5) is 11.5. The predicted molar refractivity (Wildman–Crippen MR) is 60.8 cm³/mol. The molecule has 0 radical (unpaired) electrons. The van der Waals surface area contributed by atoms with Crippen molar-refractivity contribution in [3.05, 3.63) is 47.9 Å². The minimum absolute atomic E-state index is 0.0424. The van der Waals surface area contributed by atoms with Crippen LogP contribution >= 0.6 is 0 Å². The van der Waals surface area contributed by atoms with Gasteiger partial charge in [0.25, 0.3) is 5.91 Å². The van der Waals surface area contributed by atoms with Crippen molar-refractivity contribution in [1.29, 1.82) is 0 Å². The van der Waals surface area contributed by atoms with Crippen molar-refractivity contribution in [3.63, 3.8) is 0 Å². The summed E-state index contributed by atoms with van der Waals surface area (Å²) in [5, 5.41) is 5.93. The van der Waals surface area contributed by atoms with E-state index in [-0.39, 0.29) is 18.0 Å². The summed E-state index contributed by atoms with van der Waals surface area (Å²) >= 11 is 0. The average molecular weight is 286 g/mol. The highest BCUT2D eigenvalue weighted by molar-refractivity contribution is 5.91. The van der Waals surface area contributed by atoms with Crippen LogP contribution in [0.5, 0.6) is 5.75 Å². The largest absolute Gasteiger partial charge is 0.573 e. The van der Waals surface area contributed by atoms with Crippen LogP contribution in [0.4, 0.5) is 13.2 Å². The molecule has 106 valence electrons. The predicted octanol–water partition coefficient (Wildman–Crippen LogP) is 2.50. The first-order valence-electron chi connectivity index (χ1n) is 5.47. The Morgan fingerprint density at radius 2 is 2.15 bits per heavy atom. The van der Waals surface area contributed by atoms with Crippen molar-refractivity contribution >= 4 is 5.91 Å². The second-order valence-corrected chi connectivity index (χ2v) is 3.76. The molecule has 0 spiro atoms. The second kappa shape index (κ2) is 5.64. The fourth-order valence-corrected chi connectivity index (χ4v) is 1.46. The molecule has 1 heterocycles. The summed E-state index contributed by atoms with van der Waals surface area (Å²) in [6, 6.07) is 6.70. The fourth-order valence-electron chi connectivity index (χ4n) is 1.46. The molecule has 0 saturated heterocycles. The Labute approximate surface area is 111 Å². The average Bonchev–Trinajstić information content (AvgIpc) is 2.88. The third-order valence-corrected chi connectivity index (χ3v) is 2.26.